The third-order valence-corrected chi connectivity index (χ3v) is 4.30. The molecule has 0 saturated heterocycles. The van der Waals surface area contributed by atoms with E-state index in [0.717, 1.165) is 6.07 Å². The van der Waals surface area contributed by atoms with Crippen molar-refractivity contribution in [2.24, 2.45) is 0 Å². The minimum atomic E-state index is -3.72. The normalized spacial score (nSPS) is 11.9. The van der Waals surface area contributed by atoms with E-state index in [9.17, 15) is 17.2 Å². The molecule has 0 unspecified atom stereocenters. The van der Waals surface area contributed by atoms with E-state index in [-0.39, 0.29) is 10.8 Å². The topological polar surface area (TPSA) is 58.2 Å². The molecule has 0 aliphatic carbocycles. The largest absolute Gasteiger partial charge is 0.315 e. The molecule has 120 valence electrons. The second-order valence-electron chi connectivity index (χ2n) is 4.98. The molecular formula is C13H19ClF2N2O2S. The number of unbranched alkanes of at least 4 members (excludes halogenated alkanes) is 1. The maximum Gasteiger partial charge on any atom is 0.232 e. The molecule has 1 aromatic rings. The van der Waals surface area contributed by atoms with E-state index in [1.165, 1.54) is 0 Å². The Morgan fingerprint density at radius 1 is 1.24 bits per heavy atom. The first-order chi connectivity index (χ1) is 9.71. The average Bonchev–Trinajstić information content (AvgIpc) is 2.33. The minimum absolute atomic E-state index is 0.153. The third kappa shape index (κ3) is 6.58. The van der Waals surface area contributed by atoms with Crippen LogP contribution in [0, 0.1) is 11.6 Å². The molecule has 0 saturated carbocycles. The minimum Gasteiger partial charge on any atom is -0.315 e. The summed E-state index contributed by atoms with van der Waals surface area (Å²) in [7, 11) is -3.72. The van der Waals surface area contributed by atoms with Crippen molar-refractivity contribution in [3.63, 3.8) is 0 Å². The van der Waals surface area contributed by atoms with Gasteiger partial charge in [0, 0.05) is 12.1 Å². The van der Waals surface area contributed by atoms with E-state index in [1.807, 2.05) is 13.8 Å². The fourth-order valence-corrected chi connectivity index (χ4v) is 3.16. The van der Waals surface area contributed by atoms with Crippen LogP contribution in [0.4, 0.5) is 14.5 Å². The van der Waals surface area contributed by atoms with E-state index in [2.05, 4.69) is 10.0 Å². The molecule has 0 atom stereocenters. The van der Waals surface area contributed by atoms with Crippen LogP contribution in [0.2, 0.25) is 5.02 Å². The van der Waals surface area contributed by atoms with E-state index < -0.39 is 27.3 Å². The van der Waals surface area contributed by atoms with Gasteiger partial charge in [-0.2, -0.15) is 0 Å². The van der Waals surface area contributed by atoms with Crippen LogP contribution in [-0.2, 0) is 10.0 Å². The zero-order valence-electron chi connectivity index (χ0n) is 11.9. The number of halogens is 3. The molecule has 1 aromatic carbocycles. The summed E-state index contributed by atoms with van der Waals surface area (Å²) in [4.78, 5) is 0. The lowest BCUT2D eigenvalue weighted by molar-refractivity contribution is 0.560. The maximum absolute atomic E-state index is 13.5. The van der Waals surface area contributed by atoms with Gasteiger partial charge in [0.1, 0.15) is 11.5 Å². The molecule has 0 spiro atoms. The van der Waals surface area contributed by atoms with Gasteiger partial charge in [-0.1, -0.05) is 25.4 Å². The number of hydrogen-bond donors (Lipinski definition) is 2. The Bertz CT molecular complexity index is 557. The van der Waals surface area contributed by atoms with Crippen LogP contribution < -0.4 is 10.0 Å². The van der Waals surface area contributed by atoms with Gasteiger partial charge in [-0.25, -0.2) is 17.2 Å². The molecular weight excluding hydrogens is 322 g/mol. The second kappa shape index (κ2) is 7.91. The quantitative estimate of drug-likeness (QED) is 0.715. The van der Waals surface area contributed by atoms with E-state index >= 15 is 0 Å². The van der Waals surface area contributed by atoms with Gasteiger partial charge < -0.3 is 5.32 Å². The summed E-state index contributed by atoms with van der Waals surface area (Å²) in [5, 5.41) is 2.86. The number of anilines is 1. The van der Waals surface area contributed by atoms with Crippen molar-refractivity contribution < 1.29 is 17.2 Å². The molecule has 1 rings (SSSR count). The molecule has 0 heterocycles. The first kappa shape index (κ1) is 18.1. The SMILES string of the molecule is CC(C)NCCCCS(=O)(=O)Nc1c(F)cc(F)cc1Cl. The Balaban J connectivity index is 2.57. The Morgan fingerprint density at radius 2 is 1.90 bits per heavy atom. The van der Waals surface area contributed by atoms with E-state index in [1.54, 1.807) is 0 Å². The van der Waals surface area contributed by atoms with E-state index in [4.69, 9.17) is 11.6 Å². The lowest BCUT2D eigenvalue weighted by Crippen LogP contribution is -2.24. The van der Waals surface area contributed by atoms with Gasteiger partial charge in [-0.15, -0.1) is 0 Å². The molecule has 0 radical (unpaired) electrons. The smallest absolute Gasteiger partial charge is 0.232 e. The summed E-state index contributed by atoms with van der Waals surface area (Å²) >= 11 is 5.64. The van der Waals surface area contributed by atoms with Crippen LogP contribution in [0.3, 0.4) is 0 Å². The van der Waals surface area contributed by atoms with Crippen LogP contribution in [0.5, 0.6) is 0 Å². The molecule has 0 aliphatic heterocycles. The monoisotopic (exact) mass is 340 g/mol. The fourth-order valence-electron chi connectivity index (χ4n) is 1.65. The fraction of sp³-hybridized carbons (Fsp3) is 0.538. The Hall–Kier alpha value is -0.920. The van der Waals surface area contributed by atoms with Crippen molar-refractivity contribution in [2.75, 3.05) is 17.0 Å². The highest BCUT2D eigenvalue weighted by molar-refractivity contribution is 7.92. The van der Waals surface area contributed by atoms with Gasteiger partial charge in [-0.3, -0.25) is 4.72 Å². The van der Waals surface area contributed by atoms with Gasteiger partial charge in [0.05, 0.1) is 10.8 Å². The Labute approximate surface area is 128 Å². The summed E-state index contributed by atoms with van der Waals surface area (Å²) < 4.78 is 52.1. The molecule has 0 fully saturated rings. The van der Waals surface area contributed by atoms with Crippen molar-refractivity contribution in [3.05, 3.63) is 28.8 Å². The lowest BCUT2D eigenvalue weighted by atomic mass is 10.3. The molecule has 0 bridgehead atoms. The van der Waals surface area contributed by atoms with E-state index in [0.29, 0.717) is 31.5 Å². The van der Waals surface area contributed by atoms with Crippen molar-refractivity contribution in [3.8, 4) is 0 Å². The van der Waals surface area contributed by atoms with Crippen LogP contribution in [0.15, 0.2) is 12.1 Å². The van der Waals surface area contributed by atoms with Gasteiger partial charge >= 0.3 is 0 Å². The highest BCUT2D eigenvalue weighted by atomic mass is 35.5. The van der Waals surface area contributed by atoms with Crippen molar-refractivity contribution in [1.82, 2.24) is 5.32 Å². The van der Waals surface area contributed by atoms with Crippen molar-refractivity contribution in [2.45, 2.75) is 32.7 Å². The van der Waals surface area contributed by atoms with Gasteiger partial charge in [-0.05, 0) is 25.5 Å². The lowest BCUT2D eigenvalue weighted by Gasteiger charge is -2.11. The van der Waals surface area contributed by atoms with Gasteiger partial charge in [0.2, 0.25) is 10.0 Å². The van der Waals surface area contributed by atoms with Crippen LogP contribution in [0.25, 0.3) is 0 Å². The summed E-state index contributed by atoms with van der Waals surface area (Å²) in [6.45, 7) is 4.70. The Kier molecular flexibility index (Phi) is 6.83. The van der Waals surface area contributed by atoms with Crippen LogP contribution in [-0.4, -0.2) is 26.8 Å². The molecule has 21 heavy (non-hydrogen) atoms. The highest BCUT2D eigenvalue weighted by Gasteiger charge is 2.17. The molecule has 4 nitrogen and oxygen atoms in total. The molecule has 2 N–H and O–H groups in total. The summed E-state index contributed by atoms with van der Waals surface area (Å²) in [6.07, 6.45) is 1.11. The average molecular weight is 341 g/mol. The number of benzene rings is 1. The molecule has 8 heteroatoms. The van der Waals surface area contributed by atoms with Crippen LogP contribution >= 0.6 is 11.6 Å². The summed E-state index contributed by atoms with van der Waals surface area (Å²) in [6, 6.07) is 1.78. The standard InChI is InChI=1S/C13H19ClF2N2O2S/c1-9(2)17-5-3-4-6-21(19,20)18-13-11(14)7-10(15)8-12(13)16/h7-9,17-18H,3-6H2,1-2H3. The highest BCUT2D eigenvalue weighted by Crippen LogP contribution is 2.27. The predicted molar refractivity (Wildman–Crippen MR) is 81.2 cm³/mol. The predicted octanol–water partition coefficient (Wildman–Crippen LogP) is 3.14. The first-order valence-electron chi connectivity index (χ1n) is 6.59. The zero-order valence-corrected chi connectivity index (χ0v) is 13.5. The number of sulfonamides is 1. The number of rotatable bonds is 8. The van der Waals surface area contributed by atoms with Crippen molar-refractivity contribution >= 4 is 27.3 Å². The van der Waals surface area contributed by atoms with Crippen LogP contribution in [0.1, 0.15) is 26.7 Å². The maximum atomic E-state index is 13.5. The second-order valence-corrected chi connectivity index (χ2v) is 7.23. The number of nitrogens with one attached hydrogen (secondary N) is 2. The third-order valence-electron chi connectivity index (χ3n) is 2.66. The van der Waals surface area contributed by atoms with Gasteiger partial charge in [0.15, 0.2) is 5.82 Å². The molecule has 0 aromatic heterocycles. The summed E-state index contributed by atoms with van der Waals surface area (Å²) in [5.41, 5.74) is -0.418. The number of hydrogen-bond acceptors (Lipinski definition) is 3. The summed E-state index contributed by atoms with van der Waals surface area (Å²) in [5.74, 6) is -2.05. The molecule has 0 amide bonds. The molecule has 0 aliphatic rings. The first-order valence-corrected chi connectivity index (χ1v) is 8.62. The van der Waals surface area contributed by atoms with Gasteiger partial charge in [0.25, 0.3) is 0 Å². The Morgan fingerprint density at radius 3 is 2.48 bits per heavy atom. The van der Waals surface area contributed by atoms with Crippen molar-refractivity contribution in [1.29, 1.82) is 0 Å². The zero-order chi connectivity index (χ0) is 16.0.